The molecule has 0 fully saturated rings. The molecule has 0 amide bonds. The average molecular weight is 844 g/mol. The van der Waals surface area contributed by atoms with Gasteiger partial charge in [-0.3, -0.25) is 9.98 Å². The van der Waals surface area contributed by atoms with Crippen LogP contribution in [0.4, 0.5) is 5.69 Å². The monoisotopic (exact) mass is 843 g/mol. The van der Waals surface area contributed by atoms with Gasteiger partial charge in [-0.15, -0.1) is 0 Å². The van der Waals surface area contributed by atoms with Crippen molar-refractivity contribution in [2.24, 2.45) is 9.98 Å². The van der Waals surface area contributed by atoms with Crippen LogP contribution in [-0.4, -0.2) is 45.9 Å². The number of aliphatic imine (C=N–C) groups is 2. The summed E-state index contributed by atoms with van der Waals surface area (Å²) in [6.45, 7) is 9.58. The third kappa shape index (κ3) is 7.33. The lowest BCUT2D eigenvalue weighted by Gasteiger charge is -2.38. The van der Waals surface area contributed by atoms with Crippen molar-refractivity contribution in [3.63, 3.8) is 0 Å². The minimum atomic E-state index is -1.31. The summed E-state index contributed by atoms with van der Waals surface area (Å²) in [5, 5.41) is 14.9. The van der Waals surface area contributed by atoms with Crippen LogP contribution in [0.5, 0.6) is 0 Å². The first-order valence-electron chi connectivity index (χ1n) is 22.1. The number of carbonyl (C=O) groups excluding carboxylic acids is 1. The van der Waals surface area contributed by atoms with E-state index in [4.69, 9.17) is 14.7 Å². The molecule has 3 aliphatic rings. The van der Waals surface area contributed by atoms with Gasteiger partial charge < -0.3 is 25.0 Å². The zero-order chi connectivity index (χ0) is 44.5. The Morgan fingerprint density at radius 1 is 0.781 bits per heavy atom. The molecule has 8 nitrogen and oxygen atoms in total. The van der Waals surface area contributed by atoms with Crippen molar-refractivity contribution < 1.29 is 14.6 Å². The zero-order valence-corrected chi connectivity index (χ0v) is 37.0. The summed E-state index contributed by atoms with van der Waals surface area (Å²) in [6.07, 6.45) is 11.3. The highest BCUT2D eigenvalue weighted by Gasteiger charge is 2.48. The van der Waals surface area contributed by atoms with E-state index in [0.29, 0.717) is 11.4 Å². The minimum Gasteiger partial charge on any atom is -0.461 e. The fourth-order valence-corrected chi connectivity index (χ4v) is 9.73. The molecule has 3 N–H and O–H groups in total. The molecule has 1 unspecified atom stereocenters. The van der Waals surface area contributed by atoms with Crippen LogP contribution in [0.25, 0.3) is 22.4 Å². The molecule has 0 saturated heterocycles. The number of allylic oxidation sites excluding steroid dienone is 4. The van der Waals surface area contributed by atoms with Crippen molar-refractivity contribution in [3.8, 4) is 22.4 Å². The lowest BCUT2D eigenvalue weighted by molar-refractivity contribution is -0.138. The molecule has 64 heavy (non-hydrogen) atoms. The lowest BCUT2D eigenvalue weighted by Crippen LogP contribution is -2.52. The molecule has 3 aliphatic heterocycles. The number of hydrogen-bond acceptors (Lipinski definition) is 7. The molecule has 0 spiro atoms. The van der Waals surface area contributed by atoms with Gasteiger partial charge >= 0.3 is 5.97 Å². The molecule has 320 valence electrons. The fourth-order valence-electron chi connectivity index (χ4n) is 9.73. The SMILES string of the molecule is CCCC1(C)NC(C(C)(C)O)=C(C(=O)OCC)N1c1ccc(-c2ccccc2-c2cc(C(c3ccccc3)(c3ccccc3)c3ccccc3)c(C3=NC=CC3=C3C=CC=N3)[nH]2)cc1. The first-order valence-corrected chi connectivity index (χ1v) is 22.1. The summed E-state index contributed by atoms with van der Waals surface area (Å²) < 4.78 is 5.61. The van der Waals surface area contributed by atoms with Crippen molar-refractivity contribution in [2.75, 3.05) is 11.5 Å². The van der Waals surface area contributed by atoms with E-state index in [0.717, 1.165) is 85.8 Å². The van der Waals surface area contributed by atoms with Crippen molar-refractivity contribution >= 4 is 23.6 Å². The second kappa shape index (κ2) is 17.1. The predicted molar refractivity (Wildman–Crippen MR) is 259 cm³/mol. The molecule has 0 aliphatic carbocycles. The van der Waals surface area contributed by atoms with Crippen molar-refractivity contribution in [2.45, 2.75) is 64.1 Å². The Kier molecular flexibility index (Phi) is 11.2. The zero-order valence-electron chi connectivity index (χ0n) is 37.0. The second-order valence-electron chi connectivity index (χ2n) is 17.1. The summed E-state index contributed by atoms with van der Waals surface area (Å²) in [5.41, 5.74) is 10.7. The number of aromatic nitrogens is 1. The van der Waals surface area contributed by atoms with Crippen molar-refractivity contribution in [1.29, 1.82) is 0 Å². The van der Waals surface area contributed by atoms with Crippen LogP contribution < -0.4 is 10.2 Å². The number of rotatable bonds is 13. The third-order valence-corrected chi connectivity index (χ3v) is 12.4. The van der Waals surface area contributed by atoms with E-state index in [9.17, 15) is 9.90 Å². The Balaban J connectivity index is 1.24. The van der Waals surface area contributed by atoms with Crippen LogP contribution >= 0.6 is 0 Å². The van der Waals surface area contributed by atoms with E-state index in [1.54, 1.807) is 20.8 Å². The molecule has 1 atom stereocenters. The first-order chi connectivity index (χ1) is 31.1. The molecule has 9 rings (SSSR count). The maximum Gasteiger partial charge on any atom is 0.356 e. The van der Waals surface area contributed by atoms with Crippen LogP contribution in [0.2, 0.25) is 0 Å². The molecule has 0 saturated carbocycles. The number of nitrogens with zero attached hydrogens (tertiary/aromatic N) is 3. The molecule has 0 radical (unpaired) electrons. The van der Waals surface area contributed by atoms with Gasteiger partial charge in [0, 0.05) is 34.9 Å². The summed E-state index contributed by atoms with van der Waals surface area (Å²) >= 11 is 0. The maximum absolute atomic E-state index is 13.7. The van der Waals surface area contributed by atoms with Gasteiger partial charge in [-0.05, 0) is 104 Å². The standard InChI is InChI=1S/C56H53N5O3/c1-6-34-55(5)60-52(54(3,4)63)51(53(62)64-7-2)61(55)42-31-29-38(30-32-42)43-26-17-18-27-44(43)48-37-46(50(59-48)49-45(33-36-58-49)47-28-19-35-57-47)56(39-20-11-8-12-21-39,40-22-13-9-14-23-40)41-24-15-10-16-25-41/h8-33,35-37,59-60,63H,6-7,34H2,1-5H3. The number of hydrogen-bond donors (Lipinski definition) is 3. The van der Waals surface area contributed by atoms with Crippen LogP contribution in [0.15, 0.2) is 203 Å². The number of anilines is 1. The van der Waals surface area contributed by atoms with Crippen LogP contribution in [0.1, 0.15) is 75.4 Å². The quantitative estimate of drug-likeness (QED) is 0.0794. The van der Waals surface area contributed by atoms with Gasteiger partial charge in [0.2, 0.25) is 0 Å². The number of benzene rings is 5. The first kappa shape index (κ1) is 42.0. The van der Waals surface area contributed by atoms with Crippen molar-refractivity contribution in [3.05, 3.63) is 221 Å². The Labute approximate surface area is 375 Å². The van der Waals surface area contributed by atoms with Gasteiger partial charge in [-0.2, -0.15) is 0 Å². The Hall–Kier alpha value is -7.29. The number of carbonyl (C=O) groups is 1. The Morgan fingerprint density at radius 2 is 1.38 bits per heavy atom. The van der Waals surface area contributed by atoms with Gasteiger partial charge in [0.15, 0.2) is 5.70 Å². The number of aliphatic hydroxyl groups is 1. The second-order valence-corrected chi connectivity index (χ2v) is 17.1. The smallest absolute Gasteiger partial charge is 0.356 e. The predicted octanol–water partition coefficient (Wildman–Crippen LogP) is 11.4. The summed E-state index contributed by atoms with van der Waals surface area (Å²) in [6, 6.07) is 51.3. The van der Waals surface area contributed by atoms with Gasteiger partial charge in [0.05, 0.1) is 34.8 Å². The fraction of sp³-hybridized carbons (Fsp3) is 0.196. The molecule has 6 aromatic rings. The molecule has 8 heteroatoms. The van der Waals surface area contributed by atoms with E-state index >= 15 is 0 Å². The van der Waals surface area contributed by atoms with E-state index in [2.05, 4.69) is 170 Å². The molecular formula is C56H53N5O3. The highest BCUT2D eigenvalue weighted by molar-refractivity contribution is 6.17. The Bertz CT molecular complexity index is 2770. The van der Waals surface area contributed by atoms with Crippen LogP contribution in [0.3, 0.4) is 0 Å². The topological polar surface area (TPSA) is 102 Å². The largest absolute Gasteiger partial charge is 0.461 e. The number of aromatic amines is 1. The highest BCUT2D eigenvalue weighted by Crippen LogP contribution is 2.49. The third-order valence-electron chi connectivity index (χ3n) is 12.4. The summed E-state index contributed by atoms with van der Waals surface area (Å²) in [7, 11) is 0. The average Bonchev–Trinajstić information content (AvgIpc) is 4.15. The van der Waals surface area contributed by atoms with Gasteiger partial charge in [-0.1, -0.05) is 141 Å². The number of H-pyrrole nitrogens is 1. The maximum atomic E-state index is 13.7. The summed E-state index contributed by atoms with van der Waals surface area (Å²) in [5.74, 6) is -0.478. The minimum absolute atomic E-state index is 0.217. The molecular weight excluding hydrogens is 791 g/mol. The van der Waals surface area contributed by atoms with Crippen LogP contribution in [-0.2, 0) is 14.9 Å². The molecule has 1 aromatic heterocycles. The number of ether oxygens (including phenoxy) is 1. The molecule has 4 heterocycles. The van der Waals surface area contributed by atoms with E-state index < -0.39 is 22.6 Å². The number of esters is 1. The number of nitrogens with one attached hydrogen (secondary N) is 2. The van der Waals surface area contributed by atoms with Crippen LogP contribution in [0, 0.1) is 0 Å². The van der Waals surface area contributed by atoms with Gasteiger partial charge in [0.1, 0.15) is 11.3 Å². The van der Waals surface area contributed by atoms with Crippen molar-refractivity contribution in [1.82, 2.24) is 10.3 Å². The van der Waals surface area contributed by atoms with Gasteiger partial charge in [0.25, 0.3) is 0 Å². The Morgan fingerprint density at radius 3 is 1.92 bits per heavy atom. The van der Waals surface area contributed by atoms with E-state index in [-0.39, 0.29) is 6.61 Å². The molecule has 5 aromatic carbocycles. The van der Waals surface area contributed by atoms with E-state index in [1.165, 1.54) is 0 Å². The molecule has 0 bridgehead atoms. The summed E-state index contributed by atoms with van der Waals surface area (Å²) in [4.78, 5) is 29.5. The van der Waals surface area contributed by atoms with E-state index in [1.807, 2.05) is 35.5 Å². The highest BCUT2D eigenvalue weighted by atomic mass is 16.5. The normalized spacial score (nSPS) is 18.2. The van der Waals surface area contributed by atoms with Gasteiger partial charge in [-0.25, -0.2) is 4.79 Å². The lowest BCUT2D eigenvalue weighted by atomic mass is 9.64.